The lowest BCUT2D eigenvalue weighted by atomic mass is 10.1. The molecule has 0 spiro atoms. The summed E-state index contributed by atoms with van der Waals surface area (Å²) in [4.78, 5) is 4.31. The quantitative estimate of drug-likeness (QED) is 0.733. The summed E-state index contributed by atoms with van der Waals surface area (Å²) in [5, 5.41) is 8.26. The van der Waals surface area contributed by atoms with E-state index in [1.807, 2.05) is 36.4 Å². The van der Waals surface area contributed by atoms with Crippen molar-refractivity contribution in [2.45, 2.75) is 4.90 Å². The van der Waals surface area contributed by atoms with Crippen LogP contribution in [0.2, 0.25) is 0 Å². The normalized spacial score (nSPS) is 11.1. The zero-order valence-corrected chi connectivity index (χ0v) is 14.3. The van der Waals surface area contributed by atoms with Gasteiger partial charge in [-0.25, -0.2) is 18.5 Å². The molecule has 0 radical (unpaired) electrons. The van der Waals surface area contributed by atoms with Gasteiger partial charge in [0.1, 0.15) is 11.6 Å². The first-order valence-electron chi connectivity index (χ1n) is 7.46. The van der Waals surface area contributed by atoms with E-state index in [2.05, 4.69) is 10.3 Å². The number of ether oxygens (including phenoxy) is 1. The molecule has 0 aliphatic carbocycles. The van der Waals surface area contributed by atoms with Gasteiger partial charge in [0.2, 0.25) is 10.0 Å². The largest absolute Gasteiger partial charge is 0.497 e. The number of nitrogens with two attached hydrogens (primary N) is 1. The van der Waals surface area contributed by atoms with Crippen LogP contribution >= 0.6 is 0 Å². The molecule has 3 aromatic rings. The molecule has 3 rings (SSSR count). The van der Waals surface area contributed by atoms with Crippen LogP contribution < -0.4 is 15.2 Å². The number of hydrogen-bond donors (Lipinski definition) is 2. The van der Waals surface area contributed by atoms with E-state index in [1.165, 1.54) is 12.1 Å². The van der Waals surface area contributed by atoms with E-state index in [9.17, 15) is 8.42 Å². The van der Waals surface area contributed by atoms with Gasteiger partial charge in [0, 0.05) is 11.9 Å². The number of aromatic nitrogens is 1. The third-order valence-electron chi connectivity index (χ3n) is 3.60. The van der Waals surface area contributed by atoms with E-state index >= 15 is 0 Å². The molecule has 0 aliphatic rings. The van der Waals surface area contributed by atoms with Crippen LogP contribution in [0.15, 0.2) is 71.8 Å². The molecule has 0 atom stereocenters. The average Bonchev–Trinajstić information content (AvgIpc) is 2.61. The third-order valence-corrected chi connectivity index (χ3v) is 4.51. The van der Waals surface area contributed by atoms with E-state index in [0.717, 1.165) is 16.9 Å². The first-order chi connectivity index (χ1) is 12.0. The summed E-state index contributed by atoms with van der Waals surface area (Å²) in [6, 6.07) is 17.7. The van der Waals surface area contributed by atoms with Crippen LogP contribution in [0.4, 0.5) is 11.5 Å². The van der Waals surface area contributed by atoms with Gasteiger partial charge in [0.05, 0.1) is 12.0 Å². The minimum Gasteiger partial charge on any atom is -0.497 e. The van der Waals surface area contributed by atoms with Crippen molar-refractivity contribution in [2.75, 3.05) is 12.4 Å². The van der Waals surface area contributed by atoms with Gasteiger partial charge in [0.25, 0.3) is 0 Å². The molecule has 1 aromatic heterocycles. The zero-order valence-electron chi connectivity index (χ0n) is 13.5. The predicted molar refractivity (Wildman–Crippen MR) is 97.3 cm³/mol. The third kappa shape index (κ3) is 4.14. The predicted octanol–water partition coefficient (Wildman–Crippen LogP) is 3.15. The second kappa shape index (κ2) is 6.92. The lowest BCUT2D eigenvalue weighted by Gasteiger charge is -2.09. The van der Waals surface area contributed by atoms with Crippen molar-refractivity contribution in [2.24, 2.45) is 5.14 Å². The number of sulfonamides is 1. The Morgan fingerprint density at radius 1 is 1.00 bits per heavy atom. The monoisotopic (exact) mass is 355 g/mol. The van der Waals surface area contributed by atoms with E-state index in [1.54, 1.807) is 25.4 Å². The molecule has 1 heterocycles. The molecular weight excluding hydrogens is 338 g/mol. The summed E-state index contributed by atoms with van der Waals surface area (Å²) in [7, 11) is -2.13. The number of anilines is 2. The Morgan fingerprint density at radius 3 is 2.52 bits per heavy atom. The van der Waals surface area contributed by atoms with Crippen LogP contribution in [0.25, 0.3) is 11.1 Å². The van der Waals surface area contributed by atoms with Crippen LogP contribution in [-0.2, 0) is 10.0 Å². The van der Waals surface area contributed by atoms with Crippen molar-refractivity contribution in [1.82, 2.24) is 4.98 Å². The summed E-state index contributed by atoms with van der Waals surface area (Å²) >= 11 is 0. The van der Waals surface area contributed by atoms with E-state index in [4.69, 9.17) is 9.88 Å². The van der Waals surface area contributed by atoms with Gasteiger partial charge in [-0.15, -0.1) is 0 Å². The molecule has 7 heteroatoms. The highest BCUT2D eigenvalue weighted by Crippen LogP contribution is 2.26. The number of primary sulfonamides is 1. The summed E-state index contributed by atoms with van der Waals surface area (Å²) in [6.07, 6.45) is 1.68. The fourth-order valence-electron chi connectivity index (χ4n) is 2.38. The van der Waals surface area contributed by atoms with Gasteiger partial charge in [-0.05, 0) is 53.6 Å². The van der Waals surface area contributed by atoms with Crippen LogP contribution in [0.5, 0.6) is 5.75 Å². The highest BCUT2D eigenvalue weighted by molar-refractivity contribution is 7.89. The van der Waals surface area contributed by atoms with Gasteiger partial charge in [-0.2, -0.15) is 0 Å². The fourth-order valence-corrected chi connectivity index (χ4v) is 2.94. The maximum atomic E-state index is 11.5. The molecule has 6 nitrogen and oxygen atoms in total. The number of nitrogens with one attached hydrogen (secondary N) is 1. The Balaban J connectivity index is 1.90. The number of benzene rings is 2. The van der Waals surface area contributed by atoms with Crippen LogP contribution in [0.1, 0.15) is 0 Å². The number of methoxy groups -OCH3 is 1. The SMILES string of the molecule is COc1cccc(-c2ccnc(Nc3cccc(S(N)(=O)=O)c3)c2)c1. The summed E-state index contributed by atoms with van der Waals surface area (Å²) in [5.41, 5.74) is 2.53. The van der Waals surface area contributed by atoms with Gasteiger partial charge < -0.3 is 10.1 Å². The van der Waals surface area contributed by atoms with Gasteiger partial charge in [-0.1, -0.05) is 18.2 Å². The Kier molecular flexibility index (Phi) is 4.69. The molecule has 25 heavy (non-hydrogen) atoms. The van der Waals surface area contributed by atoms with Crippen molar-refractivity contribution in [3.05, 3.63) is 66.9 Å². The van der Waals surface area contributed by atoms with Gasteiger partial charge in [0.15, 0.2) is 0 Å². The molecule has 128 valence electrons. The molecule has 0 aliphatic heterocycles. The first-order valence-corrected chi connectivity index (χ1v) is 9.01. The van der Waals surface area contributed by atoms with E-state index in [0.29, 0.717) is 11.5 Å². The van der Waals surface area contributed by atoms with Crippen molar-refractivity contribution in [3.8, 4) is 16.9 Å². The minimum atomic E-state index is -3.75. The molecule has 0 bridgehead atoms. The molecule has 0 unspecified atom stereocenters. The lowest BCUT2D eigenvalue weighted by molar-refractivity contribution is 0.415. The number of nitrogens with zero attached hydrogens (tertiary/aromatic N) is 1. The van der Waals surface area contributed by atoms with Crippen molar-refractivity contribution >= 4 is 21.5 Å². The topological polar surface area (TPSA) is 94.3 Å². The first kappa shape index (κ1) is 16.9. The molecular formula is C18H17N3O3S. The summed E-state index contributed by atoms with van der Waals surface area (Å²) in [5.74, 6) is 1.36. The number of pyridine rings is 1. The number of rotatable bonds is 5. The number of hydrogen-bond acceptors (Lipinski definition) is 5. The van der Waals surface area contributed by atoms with E-state index < -0.39 is 10.0 Å². The zero-order chi connectivity index (χ0) is 17.9. The van der Waals surface area contributed by atoms with Crippen LogP contribution in [0.3, 0.4) is 0 Å². The summed E-state index contributed by atoms with van der Waals surface area (Å²) in [6.45, 7) is 0. The van der Waals surface area contributed by atoms with Crippen molar-refractivity contribution in [3.63, 3.8) is 0 Å². The Morgan fingerprint density at radius 2 is 1.76 bits per heavy atom. The smallest absolute Gasteiger partial charge is 0.238 e. The van der Waals surface area contributed by atoms with Gasteiger partial charge in [-0.3, -0.25) is 0 Å². The Labute approximate surface area is 146 Å². The second-order valence-electron chi connectivity index (χ2n) is 5.36. The highest BCUT2D eigenvalue weighted by atomic mass is 32.2. The van der Waals surface area contributed by atoms with Crippen LogP contribution in [0, 0.1) is 0 Å². The lowest BCUT2D eigenvalue weighted by Crippen LogP contribution is -2.12. The Hall–Kier alpha value is -2.90. The second-order valence-corrected chi connectivity index (χ2v) is 6.92. The standard InChI is InChI=1S/C18H17N3O3S/c1-24-16-6-2-4-13(10-16)14-8-9-20-18(11-14)21-15-5-3-7-17(12-15)25(19,22)23/h2-12H,1H3,(H,20,21)(H2,19,22,23). The fraction of sp³-hybridized carbons (Fsp3) is 0.0556. The maximum Gasteiger partial charge on any atom is 0.238 e. The van der Waals surface area contributed by atoms with E-state index in [-0.39, 0.29) is 4.90 Å². The average molecular weight is 355 g/mol. The molecule has 0 saturated heterocycles. The minimum absolute atomic E-state index is 0.0430. The molecule has 2 aromatic carbocycles. The molecule has 0 amide bonds. The highest BCUT2D eigenvalue weighted by Gasteiger charge is 2.08. The molecule has 0 fully saturated rings. The Bertz CT molecular complexity index is 1000. The van der Waals surface area contributed by atoms with Crippen molar-refractivity contribution in [1.29, 1.82) is 0 Å². The molecule has 3 N–H and O–H groups in total. The van der Waals surface area contributed by atoms with Gasteiger partial charge >= 0.3 is 0 Å². The van der Waals surface area contributed by atoms with Crippen LogP contribution in [-0.4, -0.2) is 20.5 Å². The summed E-state index contributed by atoms with van der Waals surface area (Å²) < 4.78 is 28.2. The maximum absolute atomic E-state index is 11.5. The molecule has 0 saturated carbocycles. The van der Waals surface area contributed by atoms with Crippen molar-refractivity contribution < 1.29 is 13.2 Å².